The van der Waals surface area contributed by atoms with E-state index in [9.17, 15) is 4.79 Å². The molecule has 3 rings (SSSR count). The van der Waals surface area contributed by atoms with Gasteiger partial charge in [-0.15, -0.1) is 0 Å². The van der Waals surface area contributed by atoms with Gasteiger partial charge in [-0.05, 0) is 27.8 Å². The second kappa shape index (κ2) is 15.1. The van der Waals surface area contributed by atoms with Crippen LogP contribution >= 0.6 is 21.6 Å². The highest BCUT2D eigenvalue weighted by Crippen LogP contribution is 2.37. The summed E-state index contributed by atoms with van der Waals surface area (Å²) in [5, 5.41) is 2.59. The molecule has 0 saturated carbocycles. The van der Waals surface area contributed by atoms with Gasteiger partial charge in [0.15, 0.2) is 12.4 Å². The summed E-state index contributed by atoms with van der Waals surface area (Å²) < 4.78 is 24.9. The van der Waals surface area contributed by atoms with Crippen LogP contribution in [0.4, 0.5) is 0 Å². The van der Waals surface area contributed by atoms with Gasteiger partial charge in [0.1, 0.15) is 0 Å². The second-order valence-corrected chi connectivity index (χ2v) is 18.3. The van der Waals surface area contributed by atoms with Crippen molar-refractivity contribution in [1.29, 1.82) is 0 Å². The molecule has 5 nitrogen and oxygen atoms in total. The highest BCUT2D eigenvalue weighted by molar-refractivity contribution is 8.76. The van der Waals surface area contributed by atoms with Crippen LogP contribution in [0.15, 0.2) is 60.7 Å². The predicted molar refractivity (Wildman–Crippen MR) is 167 cm³/mol. The van der Waals surface area contributed by atoms with Crippen molar-refractivity contribution in [2.24, 2.45) is 11.8 Å². The molecule has 1 fully saturated rings. The number of benzene rings is 2. The Bertz CT molecular complexity index is 962. The highest BCUT2D eigenvalue weighted by Gasteiger charge is 2.50. The Morgan fingerprint density at radius 1 is 0.897 bits per heavy atom. The van der Waals surface area contributed by atoms with E-state index in [-0.39, 0.29) is 29.1 Å². The number of carbonyl (C=O) groups is 1. The minimum Gasteiger partial charge on any atom is -0.457 e. The van der Waals surface area contributed by atoms with Gasteiger partial charge in [-0.25, -0.2) is 0 Å². The highest BCUT2D eigenvalue weighted by atomic mass is 33.1. The molecule has 2 aromatic carbocycles. The molecular formula is C31H46O5S2Si. The van der Waals surface area contributed by atoms with Crippen LogP contribution in [-0.2, 0) is 23.4 Å². The fraction of sp³-hybridized carbons (Fsp3) is 0.581. The zero-order valence-corrected chi connectivity index (χ0v) is 27.2. The van der Waals surface area contributed by atoms with Crippen LogP contribution in [0, 0.1) is 11.8 Å². The molecule has 0 radical (unpaired) electrons. The average Bonchev–Trinajstić information content (AvgIpc) is 2.91. The van der Waals surface area contributed by atoms with Crippen LogP contribution < -0.4 is 10.4 Å². The maximum absolute atomic E-state index is 11.7. The third-order valence-corrected chi connectivity index (χ3v) is 15.0. The molecule has 1 aliphatic rings. The standard InChI is InChI=1S/C31H46O5S2Si/c1-8-28-23(2)24(3)29(35-25(4)32)30(36-28)33-19-21-37-38-22-20-34-39(31(5,6)7,26-15-11-9-12-16-26)27-17-13-10-14-18-27/h9-18,23-24,28-30H,8,19-22H2,1-7H3/t23-,24-,28?,29?,30+/m0/s1. The first-order valence-corrected chi connectivity index (χ1v) is 18.4. The van der Waals surface area contributed by atoms with Gasteiger partial charge >= 0.3 is 5.97 Å². The first-order valence-electron chi connectivity index (χ1n) is 14.1. The van der Waals surface area contributed by atoms with E-state index >= 15 is 0 Å². The van der Waals surface area contributed by atoms with Crippen LogP contribution in [0.1, 0.15) is 54.9 Å². The SMILES string of the molecule is CCC1O[C@@H](OCCSSCCO[Si](c2ccccc2)(c2ccccc2)C(C)(C)C)C(OC(C)=O)[C@@H](C)[C@@H]1C. The van der Waals surface area contributed by atoms with Crippen molar-refractivity contribution in [3.8, 4) is 0 Å². The Kier molecular flexibility index (Phi) is 12.5. The van der Waals surface area contributed by atoms with E-state index in [2.05, 4.69) is 102 Å². The lowest BCUT2D eigenvalue weighted by molar-refractivity contribution is -0.273. The zero-order valence-electron chi connectivity index (χ0n) is 24.6. The van der Waals surface area contributed by atoms with Crippen molar-refractivity contribution >= 4 is 46.2 Å². The summed E-state index contributed by atoms with van der Waals surface area (Å²) in [6.45, 7) is 16.0. The Hall–Kier alpha value is -1.29. The molecule has 216 valence electrons. The smallest absolute Gasteiger partial charge is 0.303 e. The van der Waals surface area contributed by atoms with Crippen LogP contribution in [0.2, 0.25) is 5.04 Å². The monoisotopic (exact) mass is 590 g/mol. The molecule has 0 aliphatic carbocycles. The van der Waals surface area contributed by atoms with Crippen molar-refractivity contribution in [2.45, 2.75) is 78.4 Å². The lowest BCUT2D eigenvalue weighted by atomic mass is 9.82. The number of carbonyl (C=O) groups excluding carboxylic acids is 1. The van der Waals surface area contributed by atoms with Gasteiger partial charge in [-0.2, -0.15) is 0 Å². The summed E-state index contributed by atoms with van der Waals surface area (Å²) in [5.41, 5.74) is 0. The summed E-state index contributed by atoms with van der Waals surface area (Å²) in [6.07, 6.45) is 0.123. The molecule has 5 atom stereocenters. The molecule has 2 unspecified atom stereocenters. The first kappa shape index (κ1) is 32.2. The molecule has 1 saturated heterocycles. The van der Waals surface area contributed by atoms with Crippen molar-refractivity contribution in [2.75, 3.05) is 24.7 Å². The maximum atomic E-state index is 11.7. The summed E-state index contributed by atoms with van der Waals surface area (Å²) in [6, 6.07) is 21.5. The predicted octanol–water partition coefficient (Wildman–Crippen LogP) is 6.30. The van der Waals surface area contributed by atoms with E-state index in [1.54, 1.807) is 21.6 Å². The Morgan fingerprint density at radius 3 is 1.92 bits per heavy atom. The fourth-order valence-electron chi connectivity index (χ4n) is 5.52. The second-order valence-electron chi connectivity index (χ2n) is 11.3. The minimum absolute atomic E-state index is 0.0230. The molecule has 0 spiro atoms. The van der Waals surface area contributed by atoms with Gasteiger partial charge < -0.3 is 18.6 Å². The summed E-state index contributed by atoms with van der Waals surface area (Å²) in [5.74, 6) is 1.89. The van der Waals surface area contributed by atoms with Crippen LogP contribution in [0.3, 0.4) is 0 Å². The number of hydrogen-bond donors (Lipinski definition) is 0. The Morgan fingerprint density at radius 2 is 1.44 bits per heavy atom. The summed E-state index contributed by atoms with van der Waals surface area (Å²) in [4.78, 5) is 11.7. The number of hydrogen-bond acceptors (Lipinski definition) is 7. The quantitative estimate of drug-likeness (QED) is 0.117. The topological polar surface area (TPSA) is 54.0 Å². The molecule has 0 bridgehead atoms. The van der Waals surface area contributed by atoms with Crippen molar-refractivity contribution in [1.82, 2.24) is 0 Å². The molecule has 8 heteroatoms. The molecule has 2 aromatic rings. The Labute approximate surface area is 244 Å². The van der Waals surface area contributed by atoms with Crippen molar-refractivity contribution < 1.29 is 23.4 Å². The fourth-order valence-corrected chi connectivity index (χ4v) is 11.9. The molecule has 0 amide bonds. The minimum atomic E-state index is -2.50. The third kappa shape index (κ3) is 8.14. The van der Waals surface area contributed by atoms with E-state index < -0.39 is 14.6 Å². The van der Waals surface area contributed by atoms with E-state index in [0.29, 0.717) is 19.1 Å². The van der Waals surface area contributed by atoms with Crippen molar-refractivity contribution in [3.63, 3.8) is 0 Å². The van der Waals surface area contributed by atoms with Gasteiger partial charge in [0.05, 0.1) is 12.7 Å². The lowest BCUT2D eigenvalue weighted by Crippen LogP contribution is -2.66. The maximum Gasteiger partial charge on any atom is 0.303 e. The normalized spacial score (nSPS) is 23.9. The van der Waals surface area contributed by atoms with Crippen LogP contribution in [0.5, 0.6) is 0 Å². The van der Waals surface area contributed by atoms with Gasteiger partial charge in [-0.3, -0.25) is 4.79 Å². The summed E-state index contributed by atoms with van der Waals surface area (Å²) in [7, 11) is 1.09. The number of ether oxygens (including phenoxy) is 3. The molecule has 39 heavy (non-hydrogen) atoms. The molecule has 1 aliphatic heterocycles. The largest absolute Gasteiger partial charge is 0.457 e. The third-order valence-electron chi connectivity index (χ3n) is 7.65. The molecule has 1 heterocycles. The number of rotatable bonds is 13. The zero-order chi connectivity index (χ0) is 28.5. The van der Waals surface area contributed by atoms with Crippen molar-refractivity contribution in [3.05, 3.63) is 60.7 Å². The summed E-state index contributed by atoms with van der Waals surface area (Å²) >= 11 is 0. The average molecular weight is 591 g/mol. The van der Waals surface area contributed by atoms with E-state index in [1.807, 2.05) is 0 Å². The van der Waals surface area contributed by atoms with Crippen LogP contribution in [-0.4, -0.2) is 57.5 Å². The van der Waals surface area contributed by atoms with Gasteiger partial charge in [-0.1, -0.05) is 124 Å². The van der Waals surface area contributed by atoms with Gasteiger partial charge in [0, 0.05) is 31.0 Å². The number of esters is 1. The Balaban J connectivity index is 1.53. The van der Waals surface area contributed by atoms with E-state index in [4.69, 9.17) is 18.6 Å². The molecular weight excluding hydrogens is 545 g/mol. The lowest BCUT2D eigenvalue weighted by Gasteiger charge is -2.43. The van der Waals surface area contributed by atoms with Gasteiger partial charge in [0.2, 0.25) is 0 Å². The molecule has 0 N–H and O–H groups in total. The van der Waals surface area contributed by atoms with Gasteiger partial charge in [0.25, 0.3) is 8.32 Å². The van der Waals surface area contributed by atoms with E-state index in [1.165, 1.54) is 17.3 Å². The first-order chi connectivity index (χ1) is 18.6. The van der Waals surface area contributed by atoms with Crippen LogP contribution in [0.25, 0.3) is 0 Å². The van der Waals surface area contributed by atoms with E-state index in [0.717, 1.165) is 17.9 Å². The molecule has 0 aromatic heterocycles.